The van der Waals surface area contributed by atoms with Gasteiger partial charge in [-0.25, -0.2) is 14.8 Å². The van der Waals surface area contributed by atoms with Crippen molar-refractivity contribution in [1.29, 1.82) is 0 Å². The highest BCUT2D eigenvalue weighted by molar-refractivity contribution is 5.89. The summed E-state index contributed by atoms with van der Waals surface area (Å²) < 4.78 is 0. The molecule has 1 aliphatic rings. The Kier molecular flexibility index (Phi) is 4.64. The number of hydrogen-bond acceptors (Lipinski definition) is 4. The molecule has 3 amide bonds. The molecule has 0 spiro atoms. The number of anilines is 1. The molecular formula is C16H22N6O2. The Hall–Kier alpha value is -2.64. The maximum atomic E-state index is 12.2. The van der Waals surface area contributed by atoms with Crippen LogP contribution in [0.2, 0.25) is 0 Å². The Balaban J connectivity index is 1.56. The first-order valence-corrected chi connectivity index (χ1v) is 8.12. The van der Waals surface area contributed by atoms with Crippen LogP contribution < -0.4 is 10.6 Å². The topological polar surface area (TPSA) is 103 Å². The monoisotopic (exact) mass is 330 g/mol. The van der Waals surface area contributed by atoms with Gasteiger partial charge in [-0.1, -0.05) is 6.42 Å². The van der Waals surface area contributed by atoms with E-state index in [0.29, 0.717) is 23.4 Å². The van der Waals surface area contributed by atoms with Gasteiger partial charge in [-0.3, -0.25) is 10.1 Å². The molecule has 1 fully saturated rings. The van der Waals surface area contributed by atoms with E-state index in [1.54, 1.807) is 31.3 Å². The maximum Gasteiger partial charge on any atom is 0.320 e. The van der Waals surface area contributed by atoms with E-state index in [2.05, 4.69) is 25.6 Å². The van der Waals surface area contributed by atoms with E-state index in [0.717, 1.165) is 19.3 Å². The second-order valence-corrected chi connectivity index (χ2v) is 6.36. The van der Waals surface area contributed by atoms with Crippen molar-refractivity contribution in [2.45, 2.75) is 31.7 Å². The van der Waals surface area contributed by atoms with Crippen LogP contribution in [0.1, 0.15) is 25.7 Å². The molecule has 0 aromatic carbocycles. The molecule has 24 heavy (non-hydrogen) atoms. The van der Waals surface area contributed by atoms with Crippen molar-refractivity contribution in [2.75, 3.05) is 19.4 Å². The van der Waals surface area contributed by atoms with Crippen molar-refractivity contribution < 1.29 is 9.59 Å². The summed E-state index contributed by atoms with van der Waals surface area (Å²) in [5, 5.41) is 5.64. The van der Waals surface area contributed by atoms with Gasteiger partial charge in [0.05, 0.1) is 6.20 Å². The standard InChI is InChI=1S/C16H22N6O2/c1-22(2)15(23)10-4-3-5-11(8-10)19-16(24)21-13-9-18-14-12(20-13)6-7-17-14/h6-7,9-11H,3-5,8H2,1-2H3,(H,17,18)(H2,19,20,21,24). The Morgan fingerprint density at radius 2 is 2.17 bits per heavy atom. The summed E-state index contributed by atoms with van der Waals surface area (Å²) in [4.78, 5) is 37.3. The van der Waals surface area contributed by atoms with Gasteiger partial charge in [-0.2, -0.15) is 0 Å². The van der Waals surface area contributed by atoms with Crippen LogP contribution in [0.4, 0.5) is 10.6 Å². The second-order valence-electron chi connectivity index (χ2n) is 6.36. The number of nitrogens with one attached hydrogen (secondary N) is 3. The molecule has 0 saturated heterocycles. The maximum absolute atomic E-state index is 12.2. The molecule has 2 unspecified atom stereocenters. The first kappa shape index (κ1) is 16.2. The van der Waals surface area contributed by atoms with Crippen LogP contribution in [0.15, 0.2) is 18.5 Å². The number of urea groups is 1. The lowest BCUT2D eigenvalue weighted by molar-refractivity contribution is -0.134. The van der Waals surface area contributed by atoms with Gasteiger partial charge in [0.2, 0.25) is 5.91 Å². The molecule has 0 radical (unpaired) electrons. The van der Waals surface area contributed by atoms with Gasteiger partial charge >= 0.3 is 6.03 Å². The van der Waals surface area contributed by atoms with Crippen LogP contribution >= 0.6 is 0 Å². The van der Waals surface area contributed by atoms with Crippen LogP contribution in [0, 0.1) is 5.92 Å². The predicted octanol–water partition coefficient (Wildman–Crippen LogP) is 1.73. The number of aromatic nitrogens is 3. The molecule has 0 aliphatic heterocycles. The molecule has 2 atom stereocenters. The molecule has 3 rings (SSSR count). The third-order valence-electron chi connectivity index (χ3n) is 4.30. The van der Waals surface area contributed by atoms with E-state index in [9.17, 15) is 9.59 Å². The summed E-state index contributed by atoms with van der Waals surface area (Å²) in [5.41, 5.74) is 1.38. The predicted molar refractivity (Wildman–Crippen MR) is 90.5 cm³/mol. The van der Waals surface area contributed by atoms with E-state index in [-0.39, 0.29) is 23.9 Å². The van der Waals surface area contributed by atoms with Crippen LogP contribution in [0.25, 0.3) is 11.2 Å². The Morgan fingerprint density at radius 3 is 2.96 bits per heavy atom. The number of carbonyl (C=O) groups is 2. The molecule has 3 N–H and O–H groups in total. The number of rotatable bonds is 3. The van der Waals surface area contributed by atoms with E-state index < -0.39 is 0 Å². The molecule has 8 heteroatoms. The highest BCUT2D eigenvalue weighted by Gasteiger charge is 2.29. The van der Waals surface area contributed by atoms with Gasteiger partial charge in [0.25, 0.3) is 0 Å². The lowest BCUT2D eigenvalue weighted by Crippen LogP contribution is -2.43. The first-order valence-electron chi connectivity index (χ1n) is 8.12. The lowest BCUT2D eigenvalue weighted by Gasteiger charge is -2.30. The zero-order valence-electron chi connectivity index (χ0n) is 13.9. The summed E-state index contributed by atoms with van der Waals surface area (Å²) in [5.74, 6) is 0.511. The Bertz CT molecular complexity index is 741. The minimum atomic E-state index is -0.317. The number of carbonyl (C=O) groups excluding carboxylic acids is 2. The summed E-state index contributed by atoms with van der Waals surface area (Å²) in [6.45, 7) is 0. The third kappa shape index (κ3) is 3.64. The van der Waals surface area contributed by atoms with Gasteiger partial charge in [0, 0.05) is 32.3 Å². The molecule has 2 heterocycles. The molecule has 8 nitrogen and oxygen atoms in total. The molecule has 2 aromatic rings. The van der Waals surface area contributed by atoms with Gasteiger partial charge in [-0.15, -0.1) is 0 Å². The summed E-state index contributed by atoms with van der Waals surface area (Å²) >= 11 is 0. The summed E-state index contributed by atoms with van der Waals surface area (Å²) in [7, 11) is 3.53. The molecule has 1 saturated carbocycles. The van der Waals surface area contributed by atoms with Crippen molar-refractivity contribution >= 4 is 28.9 Å². The average Bonchev–Trinajstić information content (AvgIpc) is 3.01. The van der Waals surface area contributed by atoms with Gasteiger partial charge in [0.15, 0.2) is 11.5 Å². The van der Waals surface area contributed by atoms with Gasteiger partial charge in [0.1, 0.15) is 5.52 Å². The zero-order chi connectivity index (χ0) is 17.1. The van der Waals surface area contributed by atoms with Crippen LogP contribution in [-0.2, 0) is 4.79 Å². The van der Waals surface area contributed by atoms with E-state index in [4.69, 9.17) is 0 Å². The number of H-pyrrole nitrogens is 1. The fourth-order valence-electron chi connectivity index (χ4n) is 3.14. The van der Waals surface area contributed by atoms with E-state index in [1.165, 1.54) is 6.20 Å². The van der Waals surface area contributed by atoms with E-state index >= 15 is 0 Å². The molecule has 1 aliphatic carbocycles. The largest absolute Gasteiger partial charge is 0.349 e. The average molecular weight is 330 g/mol. The van der Waals surface area contributed by atoms with E-state index in [1.807, 2.05) is 0 Å². The number of fused-ring (bicyclic) bond motifs is 1. The third-order valence-corrected chi connectivity index (χ3v) is 4.30. The fourth-order valence-corrected chi connectivity index (χ4v) is 3.14. The number of amides is 3. The fraction of sp³-hybridized carbons (Fsp3) is 0.500. The minimum Gasteiger partial charge on any atom is -0.349 e. The normalized spacial score (nSPS) is 20.6. The lowest BCUT2D eigenvalue weighted by atomic mass is 9.85. The van der Waals surface area contributed by atoms with Crippen molar-refractivity contribution in [2.24, 2.45) is 5.92 Å². The molecule has 128 valence electrons. The smallest absolute Gasteiger partial charge is 0.320 e. The van der Waals surface area contributed by atoms with Crippen LogP contribution in [0.5, 0.6) is 0 Å². The molecule has 2 aromatic heterocycles. The minimum absolute atomic E-state index is 0.00315. The number of nitrogens with zero attached hydrogens (tertiary/aromatic N) is 3. The number of aromatic amines is 1. The zero-order valence-corrected chi connectivity index (χ0v) is 13.9. The number of hydrogen-bond donors (Lipinski definition) is 3. The first-order chi connectivity index (χ1) is 11.5. The van der Waals surface area contributed by atoms with Gasteiger partial charge < -0.3 is 15.2 Å². The van der Waals surface area contributed by atoms with Crippen molar-refractivity contribution in [3.8, 4) is 0 Å². The van der Waals surface area contributed by atoms with Crippen LogP contribution in [-0.4, -0.2) is 51.9 Å². The van der Waals surface area contributed by atoms with Crippen molar-refractivity contribution in [1.82, 2.24) is 25.2 Å². The van der Waals surface area contributed by atoms with Crippen LogP contribution in [0.3, 0.4) is 0 Å². The Labute approximate surface area is 140 Å². The molecule has 0 bridgehead atoms. The highest BCUT2D eigenvalue weighted by Crippen LogP contribution is 2.25. The molecular weight excluding hydrogens is 308 g/mol. The van der Waals surface area contributed by atoms with Crippen molar-refractivity contribution in [3.05, 3.63) is 18.5 Å². The Morgan fingerprint density at radius 1 is 1.33 bits per heavy atom. The second kappa shape index (κ2) is 6.86. The quantitative estimate of drug-likeness (QED) is 0.797. The van der Waals surface area contributed by atoms with Gasteiger partial charge in [-0.05, 0) is 25.3 Å². The van der Waals surface area contributed by atoms with Crippen molar-refractivity contribution in [3.63, 3.8) is 0 Å². The summed E-state index contributed by atoms with van der Waals surface area (Å²) in [6, 6.07) is 1.48. The summed E-state index contributed by atoms with van der Waals surface area (Å²) in [6.07, 6.45) is 6.63. The SMILES string of the molecule is CN(C)C(=O)C1CCCC(NC(=O)Nc2cnc3[nH]ccc3n2)C1. The highest BCUT2D eigenvalue weighted by atomic mass is 16.2.